The largest absolute Gasteiger partial charge is 0.401 e. The third kappa shape index (κ3) is 5.16. The van der Waals surface area contributed by atoms with E-state index in [1.807, 2.05) is 0 Å². The minimum atomic E-state index is -4.11. The molecule has 2 N–H and O–H groups in total. The zero-order valence-corrected chi connectivity index (χ0v) is 9.82. The highest BCUT2D eigenvalue weighted by atomic mass is 19.4. The molecule has 1 saturated carbocycles. The smallest absolute Gasteiger partial charge is 0.325 e. The Morgan fingerprint density at radius 3 is 2.25 bits per heavy atom. The van der Waals surface area contributed by atoms with Gasteiger partial charge in [-0.3, -0.25) is 4.90 Å². The summed E-state index contributed by atoms with van der Waals surface area (Å²) >= 11 is 0. The molecule has 16 heavy (non-hydrogen) atoms. The summed E-state index contributed by atoms with van der Waals surface area (Å²) in [5.74, 6) is 0. The fourth-order valence-electron chi connectivity index (χ4n) is 2.30. The average Bonchev–Trinajstić information content (AvgIpc) is 2.14. The molecule has 0 unspecified atom stereocenters. The first kappa shape index (κ1) is 13.8. The Labute approximate surface area is 95.0 Å². The van der Waals surface area contributed by atoms with Crippen LogP contribution in [0.1, 0.15) is 38.5 Å². The minimum Gasteiger partial charge on any atom is -0.325 e. The van der Waals surface area contributed by atoms with Crippen molar-refractivity contribution in [2.45, 2.75) is 50.2 Å². The summed E-state index contributed by atoms with van der Waals surface area (Å²) in [4.78, 5) is 1.31. The Bertz CT molecular complexity index is 210. The maximum atomic E-state index is 12.1. The molecule has 0 amide bonds. The summed E-state index contributed by atoms with van der Waals surface area (Å²) in [5, 5.41) is 0. The minimum absolute atomic E-state index is 0.224. The molecule has 0 atom stereocenters. The molecule has 1 fully saturated rings. The van der Waals surface area contributed by atoms with Gasteiger partial charge < -0.3 is 5.73 Å². The number of hydrogen-bond donors (Lipinski definition) is 1. The summed E-state index contributed by atoms with van der Waals surface area (Å²) in [7, 11) is 1.50. The van der Waals surface area contributed by atoms with Gasteiger partial charge >= 0.3 is 6.18 Å². The highest BCUT2D eigenvalue weighted by molar-refractivity contribution is 4.87. The van der Waals surface area contributed by atoms with Crippen molar-refractivity contribution in [1.29, 1.82) is 0 Å². The molecule has 1 aliphatic carbocycles. The topological polar surface area (TPSA) is 29.3 Å². The molecule has 1 aliphatic rings. The quantitative estimate of drug-likeness (QED) is 0.815. The van der Waals surface area contributed by atoms with Crippen molar-refractivity contribution in [3.8, 4) is 0 Å². The summed E-state index contributed by atoms with van der Waals surface area (Å²) < 4.78 is 36.3. The van der Waals surface area contributed by atoms with Crippen LogP contribution in [0.25, 0.3) is 0 Å². The van der Waals surface area contributed by atoms with Crippen LogP contribution >= 0.6 is 0 Å². The van der Waals surface area contributed by atoms with Crippen molar-refractivity contribution < 1.29 is 13.2 Å². The third-order valence-corrected chi connectivity index (χ3v) is 3.29. The van der Waals surface area contributed by atoms with Crippen molar-refractivity contribution in [2.75, 3.05) is 20.1 Å². The van der Waals surface area contributed by atoms with Gasteiger partial charge in [-0.15, -0.1) is 0 Å². The Hall–Kier alpha value is -0.290. The average molecular weight is 238 g/mol. The van der Waals surface area contributed by atoms with Crippen LogP contribution in [-0.4, -0.2) is 36.8 Å². The second kappa shape index (κ2) is 5.36. The van der Waals surface area contributed by atoms with Gasteiger partial charge in [0.1, 0.15) is 0 Å². The van der Waals surface area contributed by atoms with Crippen LogP contribution in [0.4, 0.5) is 13.2 Å². The van der Waals surface area contributed by atoms with Crippen LogP contribution < -0.4 is 5.73 Å². The lowest BCUT2D eigenvalue weighted by Gasteiger charge is -2.35. The van der Waals surface area contributed by atoms with E-state index < -0.39 is 12.7 Å². The molecule has 5 heteroatoms. The number of halogens is 3. The van der Waals surface area contributed by atoms with Crippen LogP contribution in [0, 0.1) is 0 Å². The molecular weight excluding hydrogens is 217 g/mol. The zero-order valence-electron chi connectivity index (χ0n) is 9.82. The van der Waals surface area contributed by atoms with Gasteiger partial charge in [0.25, 0.3) is 0 Å². The molecular formula is C11H21F3N2. The lowest BCUT2D eigenvalue weighted by Crippen LogP contribution is -2.45. The second-order valence-electron chi connectivity index (χ2n) is 5.03. The first-order chi connectivity index (χ1) is 7.31. The molecule has 0 heterocycles. The fourth-order valence-corrected chi connectivity index (χ4v) is 2.30. The highest BCUT2D eigenvalue weighted by Crippen LogP contribution is 2.29. The molecule has 0 aliphatic heterocycles. The van der Waals surface area contributed by atoms with Crippen LogP contribution in [0.2, 0.25) is 0 Å². The van der Waals surface area contributed by atoms with E-state index in [2.05, 4.69) is 0 Å². The van der Waals surface area contributed by atoms with Crippen LogP contribution in [-0.2, 0) is 0 Å². The van der Waals surface area contributed by atoms with Gasteiger partial charge in [-0.05, 0) is 32.9 Å². The van der Waals surface area contributed by atoms with Crippen LogP contribution in [0.3, 0.4) is 0 Å². The molecule has 0 aromatic carbocycles. The van der Waals surface area contributed by atoms with Gasteiger partial charge in [0, 0.05) is 5.54 Å². The first-order valence-corrected chi connectivity index (χ1v) is 5.85. The number of alkyl halides is 3. The van der Waals surface area contributed by atoms with Crippen molar-refractivity contribution in [3.05, 3.63) is 0 Å². The predicted molar refractivity (Wildman–Crippen MR) is 58.2 cm³/mol. The van der Waals surface area contributed by atoms with Crippen molar-refractivity contribution in [1.82, 2.24) is 4.90 Å². The Kier molecular flexibility index (Phi) is 4.62. The third-order valence-electron chi connectivity index (χ3n) is 3.29. The number of nitrogens with two attached hydrogens (primary N) is 1. The van der Waals surface area contributed by atoms with Gasteiger partial charge in [0.2, 0.25) is 0 Å². The van der Waals surface area contributed by atoms with E-state index in [4.69, 9.17) is 5.73 Å². The SMILES string of the molecule is CN(CCC1(N)CCCCC1)CC(F)(F)F. The van der Waals surface area contributed by atoms with Crippen molar-refractivity contribution in [3.63, 3.8) is 0 Å². The van der Waals surface area contributed by atoms with E-state index in [0.29, 0.717) is 13.0 Å². The molecule has 0 radical (unpaired) electrons. The van der Waals surface area contributed by atoms with E-state index in [9.17, 15) is 13.2 Å². The standard InChI is InChI=1S/C11H21F3N2/c1-16(9-11(12,13)14)8-7-10(15)5-3-2-4-6-10/h2-9,15H2,1H3. The van der Waals surface area contributed by atoms with E-state index in [1.54, 1.807) is 0 Å². The fraction of sp³-hybridized carbons (Fsp3) is 1.00. The van der Waals surface area contributed by atoms with Crippen molar-refractivity contribution in [2.24, 2.45) is 5.73 Å². The summed E-state index contributed by atoms with van der Waals surface area (Å²) in [6, 6.07) is 0. The lowest BCUT2D eigenvalue weighted by molar-refractivity contribution is -0.143. The molecule has 1 rings (SSSR count). The predicted octanol–water partition coefficient (Wildman–Crippen LogP) is 2.53. The zero-order chi connectivity index (χ0) is 12.2. The van der Waals surface area contributed by atoms with Crippen LogP contribution in [0.5, 0.6) is 0 Å². The highest BCUT2D eigenvalue weighted by Gasteiger charge is 2.31. The molecule has 0 bridgehead atoms. The molecule has 0 aromatic heterocycles. The van der Waals surface area contributed by atoms with E-state index >= 15 is 0 Å². The summed E-state index contributed by atoms with van der Waals surface area (Å²) in [5.41, 5.74) is 5.94. The monoisotopic (exact) mass is 238 g/mol. The van der Waals surface area contributed by atoms with Gasteiger partial charge in [0.15, 0.2) is 0 Å². The number of nitrogens with zero attached hydrogens (tertiary/aromatic N) is 1. The van der Waals surface area contributed by atoms with Gasteiger partial charge in [-0.1, -0.05) is 19.3 Å². The van der Waals surface area contributed by atoms with E-state index in [1.165, 1.54) is 18.4 Å². The number of hydrogen-bond acceptors (Lipinski definition) is 2. The summed E-state index contributed by atoms with van der Waals surface area (Å²) in [6.07, 6.45) is 1.89. The van der Waals surface area contributed by atoms with Crippen molar-refractivity contribution >= 4 is 0 Å². The van der Waals surface area contributed by atoms with Gasteiger partial charge in [-0.2, -0.15) is 13.2 Å². The Morgan fingerprint density at radius 2 is 1.75 bits per heavy atom. The molecule has 0 saturated heterocycles. The molecule has 96 valence electrons. The molecule has 0 aromatic rings. The molecule has 2 nitrogen and oxygen atoms in total. The number of rotatable bonds is 4. The maximum absolute atomic E-state index is 12.1. The van der Waals surface area contributed by atoms with E-state index in [0.717, 1.165) is 25.7 Å². The van der Waals surface area contributed by atoms with E-state index in [-0.39, 0.29) is 5.54 Å². The Morgan fingerprint density at radius 1 is 1.19 bits per heavy atom. The summed E-state index contributed by atoms with van der Waals surface area (Å²) in [6.45, 7) is -0.418. The maximum Gasteiger partial charge on any atom is 0.401 e. The second-order valence-corrected chi connectivity index (χ2v) is 5.03. The van der Waals surface area contributed by atoms with Crippen LogP contribution in [0.15, 0.2) is 0 Å². The first-order valence-electron chi connectivity index (χ1n) is 5.85. The Balaban J connectivity index is 2.27. The molecule has 0 spiro atoms. The van der Waals surface area contributed by atoms with Gasteiger partial charge in [-0.25, -0.2) is 0 Å². The van der Waals surface area contributed by atoms with Gasteiger partial charge in [0.05, 0.1) is 6.54 Å². The lowest BCUT2D eigenvalue weighted by atomic mass is 9.80. The normalized spacial score (nSPS) is 21.4.